The molecule has 1 aliphatic rings. The Morgan fingerprint density at radius 3 is 3.00 bits per heavy atom. The van der Waals surface area contributed by atoms with Crippen LogP contribution in [-0.4, -0.2) is 10.9 Å². The number of benzene rings is 1. The first kappa shape index (κ1) is 8.17. The first-order valence-corrected chi connectivity index (χ1v) is 4.35. The lowest BCUT2D eigenvalue weighted by Crippen LogP contribution is -2.17. The summed E-state index contributed by atoms with van der Waals surface area (Å²) in [4.78, 5) is 12.7. The highest BCUT2D eigenvalue weighted by molar-refractivity contribution is 7.80. The maximum Gasteiger partial charge on any atom is 0.142 e. The van der Waals surface area contributed by atoms with E-state index in [4.69, 9.17) is 12.2 Å². The zero-order valence-corrected chi connectivity index (χ0v) is 7.67. The molecule has 0 spiro atoms. The summed E-state index contributed by atoms with van der Waals surface area (Å²) in [6.45, 7) is 0. The van der Waals surface area contributed by atoms with Crippen LogP contribution in [0.2, 0.25) is 0 Å². The monoisotopic (exact) mass is 189 g/mol. The molecule has 0 radical (unpaired) electrons. The lowest BCUT2D eigenvalue weighted by atomic mass is 10.2. The van der Waals surface area contributed by atoms with Crippen LogP contribution in [0.15, 0.2) is 30.5 Å². The van der Waals surface area contributed by atoms with Crippen molar-refractivity contribution in [3.05, 3.63) is 36.0 Å². The largest absolute Gasteiger partial charge is 0.300 e. The fraction of sp³-hybridized carbons (Fsp3) is 0.100. The Bertz CT molecular complexity index is 407. The number of hydrogen-bond acceptors (Lipinski definition) is 2. The molecule has 0 atom stereocenters. The minimum atomic E-state index is 0.740. The van der Waals surface area contributed by atoms with Crippen molar-refractivity contribution in [2.75, 3.05) is 4.90 Å². The highest BCUT2D eigenvalue weighted by atomic mass is 32.1. The average Bonchev–Trinajstić information content (AvgIpc) is 2.44. The third kappa shape index (κ3) is 1.28. The Morgan fingerprint density at radius 2 is 2.23 bits per heavy atom. The van der Waals surface area contributed by atoms with Gasteiger partial charge in [-0.3, -0.25) is 0 Å². The van der Waals surface area contributed by atoms with Gasteiger partial charge in [0.25, 0.3) is 0 Å². The van der Waals surface area contributed by atoms with Crippen molar-refractivity contribution in [2.24, 2.45) is 0 Å². The van der Waals surface area contributed by atoms with Crippen LogP contribution in [0.4, 0.5) is 5.69 Å². The molecule has 64 valence electrons. The third-order valence-electron chi connectivity index (χ3n) is 2.04. The molecule has 1 heterocycles. The molecule has 0 N–H and O–H groups in total. The number of carbonyl (C=O) groups excluding carboxylic acids is 1. The maximum absolute atomic E-state index is 10.2. The molecule has 0 saturated heterocycles. The van der Waals surface area contributed by atoms with Gasteiger partial charge in [0.15, 0.2) is 0 Å². The first-order chi connectivity index (χ1) is 6.33. The Morgan fingerprint density at radius 1 is 1.46 bits per heavy atom. The molecule has 3 heteroatoms. The predicted octanol–water partition coefficient (Wildman–Crippen LogP) is 1.72. The van der Waals surface area contributed by atoms with Crippen molar-refractivity contribution in [3.8, 4) is 0 Å². The van der Waals surface area contributed by atoms with Gasteiger partial charge in [-0.15, -0.1) is 0 Å². The van der Waals surface area contributed by atoms with Crippen molar-refractivity contribution in [3.63, 3.8) is 0 Å². The summed E-state index contributed by atoms with van der Waals surface area (Å²) < 4.78 is 0. The molecule has 0 aromatic heterocycles. The second-order valence-corrected chi connectivity index (χ2v) is 3.29. The standard InChI is InChI=1S/C10H7NOS/c12-6-5-11-9-4-2-1-3-8(9)7-10(11)13/h1-5H,7H2. The molecule has 1 aromatic carbocycles. The summed E-state index contributed by atoms with van der Waals surface area (Å²) in [5, 5.41) is 0. The molecule has 1 aromatic rings. The summed E-state index contributed by atoms with van der Waals surface area (Å²) in [6, 6.07) is 7.86. The molecule has 0 amide bonds. The lowest BCUT2D eigenvalue weighted by molar-refractivity contribution is 0.568. The molecule has 13 heavy (non-hydrogen) atoms. The van der Waals surface area contributed by atoms with Crippen molar-refractivity contribution in [2.45, 2.75) is 6.42 Å². The number of nitrogens with zero attached hydrogens (tertiary/aromatic N) is 1. The van der Waals surface area contributed by atoms with Crippen LogP contribution in [0.1, 0.15) is 5.56 Å². The van der Waals surface area contributed by atoms with Gasteiger partial charge in [0.05, 0.1) is 16.9 Å². The number of anilines is 1. The predicted molar refractivity (Wildman–Crippen MR) is 55.5 cm³/mol. The van der Waals surface area contributed by atoms with Crippen LogP contribution in [0, 0.1) is 0 Å². The van der Waals surface area contributed by atoms with Gasteiger partial charge in [0, 0.05) is 6.42 Å². The number of para-hydroxylation sites is 1. The zero-order chi connectivity index (χ0) is 9.26. The maximum atomic E-state index is 10.2. The minimum Gasteiger partial charge on any atom is -0.300 e. The van der Waals surface area contributed by atoms with Crippen LogP contribution in [0.25, 0.3) is 0 Å². The quantitative estimate of drug-likeness (QED) is 0.495. The van der Waals surface area contributed by atoms with Gasteiger partial charge in [0.1, 0.15) is 5.94 Å². The van der Waals surface area contributed by atoms with Crippen LogP contribution in [-0.2, 0) is 11.2 Å². The van der Waals surface area contributed by atoms with E-state index >= 15 is 0 Å². The fourth-order valence-corrected chi connectivity index (χ4v) is 1.78. The second-order valence-electron chi connectivity index (χ2n) is 2.82. The number of fused-ring (bicyclic) bond motifs is 1. The molecule has 2 nitrogen and oxygen atoms in total. The van der Waals surface area contributed by atoms with Crippen LogP contribution >= 0.6 is 12.2 Å². The van der Waals surface area contributed by atoms with Crippen LogP contribution in [0.5, 0.6) is 0 Å². The van der Waals surface area contributed by atoms with E-state index in [1.54, 1.807) is 10.8 Å². The number of rotatable bonds is 1. The highest BCUT2D eigenvalue weighted by Crippen LogP contribution is 2.28. The van der Waals surface area contributed by atoms with Gasteiger partial charge < -0.3 is 4.90 Å². The van der Waals surface area contributed by atoms with Crippen LogP contribution < -0.4 is 4.90 Å². The van der Waals surface area contributed by atoms with E-state index in [0.29, 0.717) is 0 Å². The van der Waals surface area contributed by atoms with Gasteiger partial charge in [-0.1, -0.05) is 30.4 Å². The Labute approximate surface area is 81.5 Å². The fourth-order valence-electron chi connectivity index (χ4n) is 1.47. The van der Waals surface area contributed by atoms with E-state index in [1.165, 1.54) is 11.8 Å². The SMILES string of the molecule is O=C=CN1C(=S)Cc2ccccc21. The molecular weight excluding hydrogens is 182 g/mol. The van der Waals surface area contributed by atoms with Gasteiger partial charge >= 0.3 is 0 Å². The number of hydrogen-bond donors (Lipinski definition) is 0. The van der Waals surface area contributed by atoms with E-state index in [9.17, 15) is 4.79 Å². The van der Waals surface area contributed by atoms with Crippen molar-refractivity contribution < 1.29 is 4.79 Å². The van der Waals surface area contributed by atoms with Gasteiger partial charge in [-0.25, -0.2) is 4.79 Å². The Kier molecular flexibility index (Phi) is 1.97. The molecule has 0 unspecified atom stereocenters. The molecule has 0 saturated carbocycles. The van der Waals surface area contributed by atoms with E-state index in [-0.39, 0.29) is 0 Å². The molecule has 0 bridgehead atoms. The normalized spacial score (nSPS) is 13.8. The third-order valence-corrected chi connectivity index (χ3v) is 2.38. The van der Waals surface area contributed by atoms with Gasteiger partial charge in [-0.05, 0) is 11.6 Å². The van der Waals surface area contributed by atoms with Gasteiger partial charge in [-0.2, -0.15) is 0 Å². The summed E-state index contributed by atoms with van der Waals surface area (Å²) in [6.07, 6.45) is 2.08. The van der Waals surface area contributed by atoms with Crippen molar-refractivity contribution in [1.29, 1.82) is 0 Å². The summed E-state index contributed by atoms with van der Waals surface area (Å²) in [5.74, 6) is 1.74. The molecule has 0 fully saturated rings. The molecular formula is C10H7NOS. The van der Waals surface area contributed by atoms with Crippen LogP contribution in [0.3, 0.4) is 0 Å². The van der Waals surface area contributed by atoms with E-state index in [0.717, 1.165) is 17.1 Å². The highest BCUT2D eigenvalue weighted by Gasteiger charge is 2.21. The van der Waals surface area contributed by atoms with Gasteiger partial charge in [0.2, 0.25) is 0 Å². The molecule has 0 aliphatic carbocycles. The minimum absolute atomic E-state index is 0.740. The Balaban J connectivity index is 2.52. The van der Waals surface area contributed by atoms with E-state index in [2.05, 4.69) is 0 Å². The first-order valence-electron chi connectivity index (χ1n) is 3.94. The Hall–Kier alpha value is -1.44. The lowest BCUT2D eigenvalue weighted by Gasteiger charge is -2.10. The molecule has 2 rings (SSSR count). The number of thiocarbonyl (C=S) groups is 1. The van der Waals surface area contributed by atoms with Crippen molar-refractivity contribution >= 4 is 28.8 Å². The second kappa shape index (κ2) is 3.13. The zero-order valence-electron chi connectivity index (χ0n) is 6.86. The van der Waals surface area contributed by atoms with E-state index < -0.39 is 0 Å². The topological polar surface area (TPSA) is 20.3 Å². The summed E-state index contributed by atoms with van der Waals surface area (Å²) >= 11 is 5.13. The van der Waals surface area contributed by atoms with E-state index in [1.807, 2.05) is 24.3 Å². The molecule has 1 aliphatic heterocycles. The summed E-state index contributed by atoms with van der Waals surface area (Å²) in [7, 11) is 0. The smallest absolute Gasteiger partial charge is 0.142 e. The van der Waals surface area contributed by atoms with Crippen molar-refractivity contribution in [1.82, 2.24) is 0 Å². The summed E-state index contributed by atoms with van der Waals surface area (Å²) in [5.41, 5.74) is 2.16. The average molecular weight is 189 g/mol.